The average Bonchev–Trinajstić information content (AvgIpc) is 3.09. The van der Waals surface area contributed by atoms with E-state index in [1.807, 2.05) is 30.3 Å². The van der Waals surface area contributed by atoms with E-state index in [2.05, 4.69) is 121 Å². The lowest BCUT2D eigenvalue weighted by Gasteiger charge is -2.17. The first kappa shape index (κ1) is 26.8. The number of benzene rings is 5. The summed E-state index contributed by atoms with van der Waals surface area (Å²) in [5.41, 5.74) is 8.75. The van der Waals surface area contributed by atoms with Gasteiger partial charge in [-0.3, -0.25) is 0 Å². The van der Waals surface area contributed by atoms with Crippen LogP contribution in [0, 0.1) is 0 Å². The van der Waals surface area contributed by atoms with Gasteiger partial charge in [-0.1, -0.05) is 151 Å². The number of nitrogens with zero attached hydrogens (tertiary/aromatic N) is 3. The molecule has 1 aliphatic carbocycles. The van der Waals surface area contributed by atoms with E-state index in [1.54, 1.807) is 0 Å². The molecule has 0 saturated carbocycles. The maximum Gasteiger partial charge on any atom is 0.164 e. The fourth-order valence-electron chi connectivity index (χ4n) is 5.39. The van der Waals surface area contributed by atoms with Crippen LogP contribution in [0.4, 0.5) is 0 Å². The van der Waals surface area contributed by atoms with Gasteiger partial charge < -0.3 is 0 Å². The SMILES string of the molecule is Clc1ccc(-c2ccc(-c3nc(C4=CCC(c5ccccc5)C=C4)nc(-c4ccc(-c5ccccc5)cc4)n3)cc2)cc1. The van der Waals surface area contributed by atoms with Gasteiger partial charge in [0.1, 0.15) is 0 Å². The third-order valence-electron chi connectivity index (χ3n) is 7.79. The number of halogens is 1. The fourth-order valence-corrected chi connectivity index (χ4v) is 5.52. The van der Waals surface area contributed by atoms with Gasteiger partial charge in [-0.2, -0.15) is 0 Å². The summed E-state index contributed by atoms with van der Waals surface area (Å²) in [6.07, 6.45) is 7.53. The quantitative estimate of drug-likeness (QED) is 0.199. The molecule has 0 amide bonds. The molecule has 3 nitrogen and oxygen atoms in total. The van der Waals surface area contributed by atoms with Gasteiger partial charge in [-0.25, -0.2) is 15.0 Å². The Kier molecular flexibility index (Phi) is 7.47. The molecule has 43 heavy (non-hydrogen) atoms. The van der Waals surface area contributed by atoms with Crippen molar-refractivity contribution in [2.24, 2.45) is 0 Å². The number of hydrogen-bond acceptors (Lipinski definition) is 3. The van der Waals surface area contributed by atoms with Crippen LogP contribution in [-0.2, 0) is 0 Å². The Labute approximate surface area is 256 Å². The third kappa shape index (κ3) is 5.94. The zero-order valence-electron chi connectivity index (χ0n) is 23.4. The second-order valence-corrected chi connectivity index (χ2v) is 11.0. The Bertz CT molecular complexity index is 1910. The van der Waals surface area contributed by atoms with Crippen molar-refractivity contribution in [1.82, 2.24) is 15.0 Å². The van der Waals surface area contributed by atoms with Gasteiger partial charge in [0.15, 0.2) is 17.5 Å². The van der Waals surface area contributed by atoms with Crippen LogP contribution in [0.5, 0.6) is 0 Å². The molecule has 0 radical (unpaired) electrons. The highest BCUT2D eigenvalue weighted by Crippen LogP contribution is 2.32. The summed E-state index contributed by atoms with van der Waals surface area (Å²) in [6.45, 7) is 0. The first-order chi connectivity index (χ1) is 21.2. The van der Waals surface area contributed by atoms with E-state index in [9.17, 15) is 0 Å². The van der Waals surface area contributed by atoms with Crippen molar-refractivity contribution in [3.05, 3.63) is 168 Å². The monoisotopic (exact) mass is 573 g/mol. The molecule has 1 aliphatic rings. The molecule has 0 fully saturated rings. The molecule has 5 aromatic carbocycles. The lowest BCUT2D eigenvalue weighted by Crippen LogP contribution is -2.05. The largest absolute Gasteiger partial charge is 0.208 e. The van der Waals surface area contributed by atoms with Crippen LogP contribution in [0.25, 0.3) is 50.6 Å². The highest BCUT2D eigenvalue weighted by atomic mass is 35.5. The normalized spacial score (nSPS) is 14.3. The number of hydrogen-bond donors (Lipinski definition) is 0. The van der Waals surface area contributed by atoms with Gasteiger partial charge >= 0.3 is 0 Å². The first-order valence-corrected chi connectivity index (χ1v) is 14.8. The van der Waals surface area contributed by atoms with E-state index in [-0.39, 0.29) is 0 Å². The highest BCUT2D eigenvalue weighted by molar-refractivity contribution is 6.30. The van der Waals surface area contributed by atoms with Crippen LogP contribution < -0.4 is 0 Å². The molecular weight excluding hydrogens is 546 g/mol. The molecule has 0 aliphatic heterocycles. The topological polar surface area (TPSA) is 38.7 Å². The zero-order valence-corrected chi connectivity index (χ0v) is 24.2. The minimum Gasteiger partial charge on any atom is -0.208 e. The molecular formula is C39H28ClN3. The van der Waals surface area contributed by atoms with E-state index < -0.39 is 0 Å². The van der Waals surface area contributed by atoms with Gasteiger partial charge in [0.05, 0.1) is 0 Å². The van der Waals surface area contributed by atoms with Crippen molar-refractivity contribution in [3.63, 3.8) is 0 Å². The predicted octanol–water partition coefficient (Wildman–Crippen LogP) is 10.3. The summed E-state index contributed by atoms with van der Waals surface area (Å²) in [5, 5.41) is 0.726. The molecule has 1 unspecified atom stereocenters. The summed E-state index contributed by atoms with van der Waals surface area (Å²) < 4.78 is 0. The van der Waals surface area contributed by atoms with Crippen molar-refractivity contribution in [2.75, 3.05) is 0 Å². The van der Waals surface area contributed by atoms with Crippen molar-refractivity contribution in [3.8, 4) is 45.0 Å². The lowest BCUT2D eigenvalue weighted by atomic mass is 9.90. The Morgan fingerprint density at radius 2 is 0.907 bits per heavy atom. The molecule has 6 aromatic rings. The Morgan fingerprint density at radius 1 is 0.465 bits per heavy atom. The predicted molar refractivity (Wildman–Crippen MR) is 177 cm³/mol. The summed E-state index contributed by atoms with van der Waals surface area (Å²) in [4.78, 5) is 14.9. The number of allylic oxidation sites excluding steroid dienone is 4. The number of rotatable bonds is 6. The van der Waals surface area contributed by atoms with Crippen LogP contribution in [0.15, 0.2) is 152 Å². The summed E-state index contributed by atoms with van der Waals surface area (Å²) >= 11 is 6.10. The lowest BCUT2D eigenvalue weighted by molar-refractivity contribution is 0.854. The molecule has 1 aromatic heterocycles. The molecule has 0 N–H and O–H groups in total. The second-order valence-electron chi connectivity index (χ2n) is 10.6. The van der Waals surface area contributed by atoms with Crippen molar-refractivity contribution in [1.29, 1.82) is 0 Å². The smallest absolute Gasteiger partial charge is 0.164 e. The minimum atomic E-state index is 0.344. The van der Waals surface area contributed by atoms with E-state index in [0.717, 1.165) is 44.8 Å². The molecule has 0 saturated heterocycles. The highest BCUT2D eigenvalue weighted by Gasteiger charge is 2.17. The molecule has 0 bridgehead atoms. The Morgan fingerprint density at radius 3 is 1.42 bits per heavy atom. The first-order valence-electron chi connectivity index (χ1n) is 14.4. The Hall–Kier alpha value is -5.12. The van der Waals surface area contributed by atoms with Crippen molar-refractivity contribution in [2.45, 2.75) is 12.3 Å². The average molecular weight is 574 g/mol. The molecule has 1 heterocycles. The molecule has 1 atom stereocenters. The minimum absolute atomic E-state index is 0.344. The van der Waals surface area contributed by atoms with Crippen LogP contribution in [-0.4, -0.2) is 15.0 Å². The van der Waals surface area contributed by atoms with Gasteiger partial charge in [0.25, 0.3) is 0 Å². The van der Waals surface area contributed by atoms with Crippen LogP contribution in [0.3, 0.4) is 0 Å². The van der Waals surface area contributed by atoms with Crippen LogP contribution >= 0.6 is 11.6 Å². The summed E-state index contributed by atoms with van der Waals surface area (Å²) in [5.74, 6) is 2.32. The second kappa shape index (κ2) is 12.0. The molecule has 7 rings (SSSR count). The van der Waals surface area contributed by atoms with Crippen LogP contribution in [0.1, 0.15) is 23.7 Å². The van der Waals surface area contributed by atoms with Gasteiger partial charge in [0, 0.05) is 27.6 Å². The van der Waals surface area contributed by atoms with E-state index >= 15 is 0 Å². The van der Waals surface area contributed by atoms with Crippen molar-refractivity contribution >= 4 is 17.2 Å². The zero-order chi connectivity index (χ0) is 29.0. The number of aromatic nitrogens is 3. The maximum absolute atomic E-state index is 6.10. The van der Waals surface area contributed by atoms with E-state index in [4.69, 9.17) is 26.6 Å². The van der Waals surface area contributed by atoms with Gasteiger partial charge in [-0.05, 0) is 46.4 Å². The van der Waals surface area contributed by atoms with Crippen molar-refractivity contribution < 1.29 is 0 Å². The van der Waals surface area contributed by atoms with Crippen LogP contribution in [0.2, 0.25) is 5.02 Å². The maximum atomic E-state index is 6.10. The summed E-state index contributed by atoms with van der Waals surface area (Å²) in [6, 6.07) is 45.6. The molecule has 0 spiro atoms. The Balaban J connectivity index is 1.25. The molecule has 4 heteroatoms. The third-order valence-corrected chi connectivity index (χ3v) is 8.04. The van der Waals surface area contributed by atoms with Gasteiger partial charge in [0.2, 0.25) is 0 Å². The standard InChI is InChI=1S/C39H28ClN3/c40-36-25-23-32(24-26-36)31-15-21-35(22-16-31)39-42-37(33-17-11-29(12-18-33)27-7-3-1-4-8-27)41-38(43-39)34-19-13-30(14-20-34)28-9-5-2-6-10-28/h1-13,15-26,30H,14H2. The van der Waals surface area contributed by atoms with E-state index in [1.165, 1.54) is 11.1 Å². The molecule has 206 valence electrons. The van der Waals surface area contributed by atoms with E-state index in [0.29, 0.717) is 23.4 Å². The fraction of sp³-hybridized carbons (Fsp3) is 0.0513. The summed E-state index contributed by atoms with van der Waals surface area (Å²) in [7, 11) is 0. The van der Waals surface area contributed by atoms with Gasteiger partial charge in [-0.15, -0.1) is 0 Å².